The summed E-state index contributed by atoms with van der Waals surface area (Å²) in [5.41, 5.74) is 3.37. The lowest BCUT2D eigenvalue weighted by molar-refractivity contribution is 0.600. The zero-order chi connectivity index (χ0) is 20.4. The third-order valence-electron chi connectivity index (χ3n) is 4.21. The van der Waals surface area contributed by atoms with Gasteiger partial charge in [-0.3, -0.25) is 4.98 Å². The van der Waals surface area contributed by atoms with Crippen LogP contribution in [-0.4, -0.2) is 34.3 Å². The normalized spacial score (nSPS) is 11.9. The summed E-state index contributed by atoms with van der Waals surface area (Å²) >= 11 is 0. The molecule has 2 aromatic carbocycles. The van der Waals surface area contributed by atoms with Gasteiger partial charge in [-0.15, -0.1) is 0 Å². The van der Waals surface area contributed by atoms with Gasteiger partial charge in [-0.25, -0.2) is 16.8 Å². The quantitative estimate of drug-likeness (QED) is 0.663. The fourth-order valence-corrected chi connectivity index (χ4v) is 4.33. The van der Waals surface area contributed by atoms with Crippen LogP contribution in [0.5, 0.6) is 0 Å². The van der Waals surface area contributed by atoms with Crippen LogP contribution in [0.15, 0.2) is 76.8 Å². The molecule has 28 heavy (non-hydrogen) atoms. The highest BCUT2D eigenvalue weighted by Gasteiger charge is 2.17. The Bertz CT molecular complexity index is 1190. The minimum atomic E-state index is -3.60. The Morgan fingerprint density at radius 1 is 0.857 bits per heavy atom. The molecule has 1 heterocycles. The van der Waals surface area contributed by atoms with E-state index >= 15 is 0 Å². The summed E-state index contributed by atoms with van der Waals surface area (Å²) in [7, 11) is -7.10. The van der Waals surface area contributed by atoms with Gasteiger partial charge in [0.15, 0.2) is 19.7 Å². The molecule has 0 aliphatic carbocycles. The number of sulfone groups is 2. The smallest absolute Gasteiger partial charge is 0.177 e. The van der Waals surface area contributed by atoms with E-state index in [4.69, 9.17) is 0 Å². The Hall–Kier alpha value is -2.71. The molecule has 1 aromatic heterocycles. The van der Waals surface area contributed by atoms with Crippen molar-refractivity contribution in [3.63, 3.8) is 0 Å². The van der Waals surface area contributed by atoms with Crippen LogP contribution >= 0.6 is 0 Å². The average molecular weight is 417 g/mol. The number of hydrogen-bond acceptors (Lipinski definition) is 6. The zero-order valence-corrected chi connectivity index (χ0v) is 17.1. The number of aromatic nitrogens is 1. The van der Waals surface area contributed by atoms with Gasteiger partial charge < -0.3 is 5.32 Å². The molecule has 1 N–H and O–H groups in total. The zero-order valence-electron chi connectivity index (χ0n) is 15.5. The van der Waals surface area contributed by atoms with Crippen molar-refractivity contribution in [2.45, 2.75) is 16.3 Å². The number of hydrogen-bond donors (Lipinski definition) is 1. The van der Waals surface area contributed by atoms with E-state index < -0.39 is 19.7 Å². The molecule has 0 atom stereocenters. The van der Waals surface area contributed by atoms with Crippen molar-refractivity contribution in [1.29, 1.82) is 0 Å². The lowest BCUT2D eigenvalue weighted by atomic mass is 10.1. The number of nitrogens with zero attached hydrogens (tertiary/aromatic N) is 1. The molecule has 146 valence electrons. The summed E-state index contributed by atoms with van der Waals surface area (Å²) in [5, 5.41) is 3.09. The number of nitrogens with one attached hydrogen (secondary N) is 1. The van der Waals surface area contributed by atoms with Crippen LogP contribution in [-0.2, 0) is 26.2 Å². The number of benzene rings is 2. The molecular formula is C20H20N2O4S2. The van der Waals surface area contributed by atoms with Gasteiger partial charge in [0.1, 0.15) is 0 Å². The maximum atomic E-state index is 12.1. The van der Waals surface area contributed by atoms with E-state index in [1.807, 2.05) is 36.4 Å². The summed E-state index contributed by atoms with van der Waals surface area (Å²) < 4.78 is 47.7. The van der Waals surface area contributed by atoms with Gasteiger partial charge in [0.25, 0.3) is 0 Å². The van der Waals surface area contributed by atoms with E-state index in [1.165, 1.54) is 18.2 Å². The van der Waals surface area contributed by atoms with Crippen LogP contribution in [0.25, 0.3) is 11.1 Å². The second kappa shape index (κ2) is 7.73. The van der Waals surface area contributed by atoms with E-state index in [9.17, 15) is 16.8 Å². The summed E-state index contributed by atoms with van der Waals surface area (Å²) in [6, 6.07) is 15.8. The highest BCUT2D eigenvalue weighted by molar-refractivity contribution is 7.91. The molecule has 3 aromatic rings. The Morgan fingerprint density at radius 2 is 1.57 bits per heavy atom. The summed E-state index contributed by atoms with van der Waals surface area (Å²) in [6.45, 7) is 0.397. The average Bonchev–Trinajstić information content (AvgIpc) is 2.66. The van der Waals surface area contributed by atoms with Gasteiger partial charge >= 0.3 is 0 Å². The minimum absolute atomic E-state index is 0.0284. The lowest BCUT2D eigenvalue weighted by Crippen LogP contribution is -2.08. The van der Waals surface area contributed by atoms with E-state index in [0.29, 0.717) is 12.2 Å². The van der Waals surface area contributed by atoms with Crippen LogP contribution in [0, 0.1) is 0 Å². The first-order valence-corrected chi connectivity index (χ1v) is 12.2. The fourth-order valence-electron chi connectivity index (χ4n) is 2.73. The predicted octanol–water partition coefficient (Wildman–Crippen LogP) is 3.17. The number of pyridine rings is 1. The topological polar surface area (TPSA) is 93.2 Å². The third kappa shape index (κ3) is 4.76. The SMILES string of the molecule is CS(=O)(=O)c1ccc(NCc2ccc(-c3cccnc3)cc2)c(S(C)(=O)=O)c1. The van der Waals surface area contributed by atoms with Crippen molar-refractivity contribution < 1.29 is 16.8 Å². The molecular weight excluding hydrogens is 396 g/mol. The first-order valence-electron chi connectivity index (χ1n) is 8.42. The molecule has 0 unspecified atom stereocenters. The predicted molar refractivity (Wildman–Crippen MR) is 110 cm³/mol. The van der Waals surface area contributed by atoms with E-state index in [-0.39, 0.29) is 9.79 Å². The van der Waals surface area contributed by atoms with Crippen molar-refractivity contribution in [2.75, 3.05) is 17.8 Å². The Labute approximate surface area is 165 Å². The molecule has 8 heteroatoms. The second-order valence-corrected chi connectivity index (χ2v) is 10.5. The maximum Gasteiger partial charge on any atom is 0.177 e. The summed E-state index contributed by atoms with van der Waals surface area (Å²) in [4.78, 5) is 4.04. The van der Waals surface area contributed by atoms with Crippen molar-refractivity contribution in [3.8, 4) is 11.1 Å². The molecule has 0 radical (unpaired) electrons. The van der Waals surface area contributed by atoms with Crippen LogP contribution in [0.3, 0.4) is 0 Å². The van der Waals surface area contributed by atoms with Crippen LogP contribution in [0.4, 0.5) is 5.69 Å². The van der Waals surface area contributed by atoms with Gasteiger partial charge in [-0.05, 0) is 41.0 Å². The molecule has 0 saturated carbocycles. The summed E-state index contributed by atoms with van der Waals surface area (Å²) in [5.74, 6) is 0. The highest BCUT2D eigenvalue weighted by atomic mass is 32.2. The first-order chi connectivity index (χ1) is 13.1. The molecule has 3 rings (SSSR count). The molecule has 0 bridgehead atoms. The van der Waals surface area contributed by atoms with Crippen LogP contribution in [0.1, 0.15) is 5.56 Å². The third-order valence-corrected chi connectivity index (χ3v) is 6.46. The maximum absolute atomic E-state index is 12.1. The van der Waals surface area contributed by atoms with Gasteiger partial charge in [0.05, 0.1) is 15.5 Å². The standard InChI is InChI=1S/C20H20N2O4S2/c1-27(23,24)18-9-10-19(20(12-18)28(2,25)26)22-13-15-5-7-16(8-6-15)17-4-3-11-21-14-17/h3-12,14,22H,13H2,1-2H3. The van der Waals surface area contributed by atoms with Gasteiger partial charge in [0.2, 0.25) is 0 Å². The lowest BCUT2D eigenvalue weighted by Gasteiger charge is -2.13. The largest absolute Gasteiger partial charge is 0.380 e. The van der Waals surface area contributed by atoms with E-state index in [1.54, 1.807) is 12.4 Å². The number of rotatable bonds is 6. The van der Waals surface area contributed by atoms with Crippen LogP contribution in [0.2, 0.25) is 0 Å². The molecule has 0 aliphatic rings. The van der Waals surface area contributed by atoms with Crippen molar-refractivity contribution >= 4 is 25.4 Å². The van der Waals surface area contributed by atoms with E-state index in [0.717, 1.165) is 29.2 Å². The minimum Gasteiger partial charge on any atom is -0.380 e. The molecule has 0 aliphatic heterocycles. The van der Waals surface area contributed by atoms with Crippen molar-refractivity contribution in [2.24, 2.45) is 0 Å². The highest BCUT2D eigenvalue weighted by Crippen LogP contribution is 2.26. The van der Waals surface area contributed by atoms with Crippen molar-refractivity contribution in [1.82, 2.24) is 4.98 Å². The Morgan fingerprint density at radius 3 is 2.14 bits per heavy atom. The molecule has 0 saturated heterocycles. The monoisotopic (exact) mass is 416 g/mol. The van der Waals surface area contributed by atoms with Crippen molar-refractivity contribution in [3.05, 3.63) is 72.6 Å². The van der Waals surface area contributed by atoms with Gasteiger partial charge in [-0.1, -0.05) is 30.3 Å². The molecule has 0 amide bonds. The summed E-state index contributed by atoms with van der Waals surface area (Å²) in [6.07, 6.45) is 5.61. The van der Waals surface area contributed by atoms with Crippen LogP contribution < -0.4 is 5.32 Å². The van der Waals surface area contributed by atoms with E-state index in [2.05, 4.69) is 10.3 Å². The fraction of sp³-hybridized carbons (Fsp3) is 0.150. The van der Waals surface area contributed by atoms with Gasteiger partial charge in [0, 0.05) is 31.4 Å². The second-order valence-electron chi connectivity index (χ2n) is 6.49. The molecule has 0 spiro atoms. The Kier molecular flexibility index (Phi) is 5.53. The Balaban J connectivity index is 1.83. The van der Waals surface area contributed by atoms with Gasteiger partial charge in [-0.2, -0.15) is 0 Å². The number of anilines is 1. The molecule has 0 fully saturated rings. The molecule has 6 nitrogen and oxygen atoms in total. The first kappa shape index (κ1) is 20.0.